The summed E-state index contributed by atoms with van der Waals surface area (Å²) < 4.78 is 18.2. The van der Waals surface area contributed by atoms with Gasteiger partial charge in [-0.3, -0.25) is 4.79 Å². The molecule has 2 rings (SSSR count). The molecule has 2 atom stereocenters. The van der Waals surface area contributed by atoms with Gasteiger partial charge in [-0.25, -0.2) is 4.39 Å². The van der Waals surface area contributed by atoms with Crippen molar-refractivity contribution in [3.8, 4) is 0 Å². The van der Waals surface area contributed by atoms with Crippen molar-refractivity contribution in [2.75, 3.05) is 25.5 Å². The average molecular weight is 327 g/mol. The molecular formula is C16H22FNO3S. The fourth-order valence-corrected chi connectivity index (χ4v) is 3.36. The van der Waals surface area contributed by atoms with Crippen LogP contribution in [0.2, 0.25) is 0 Å². The van der Waals surface area contributed by atoms with E-state index < -0.39 is 6.10 Å². The Morgan fingerprint density at radius 2 is 2.23 bits per heavy atom. The summed E-state index contributed by atoms with van der Waals surface area (Å²) in [5.74, 6) is 0.880. The molecule has 0 radical (unpaired) electrons. The van der Waals surface area contributed by atoms with E-state index in [0.29, 0.717) is 37.7 Å². The van der Waals surface area contributed by atoms with E-state index in [1.807, 2.05) is 4.90 Å². The molecule has 1 saturated heterocycles. The zero-order valence-electron chi connectivity index (χ0n) is 12.7. The minimum atomic E-state index is -0.450. The highest BCUT2D eigenvalue weighted by atomic mass is 32.2. The van der Waals surface area contributed by atoms with Gasteiger partial charge in [-0.1, -0.05) is 12.1 Å². The molecule has 0 spiro atoms. The standard InChI is InChI=1S/C16H22FNO3S/c1-12(19)8-15-9-21-7-6-18(15)16(20)11-22-10-13-2-4-14(17)5-3-13/h2-5,12,15,19H,6-11H2,1H3. The minimum absolute atomic E-state index is 0.0485. The summed E-state index contributed by atoms with van der Waals surface area (Å²) in [4.78, 5) is 14.2. The molecule has 4 nitrogen and oxygen atoms in total. The molecule has 1 aromatic rings. The van der Waals surface area contributed by atoms with E-state index in [-0.39, 0.29) is 17.8 Å². The molecule has 1 aromatic carbocycles. The monoisotopic (exact) mass is 327 g/mol. The van der Waals surface area contributed by atoms with Gasteiger partial charge in [-0.05, 0) is 31.0 Å². The van der Waals surface area contributed by atoms with Gasteiger partial charge >= 0.3 is 0 Å². The Morgan fingerprint density at radius 1 is 1.50 bits per heavy atom. The van der Waals surface area contributed by atoms with E-state index >= 15 is 0 Å². The molecule has 22 heavy (non-hydrogen) atoms. The first-order valence-electron chi connectivity index (χ1n) is 7.43. The molecule has 1 N–H and O–H groups in total. The maximum atomic E-state index is 12.8. The molecule has 0 bridgehead atoms. The highest BCUT2D eigenvalue weighted by Crippen LogP contribution is 2.17. The normalized spacial score (nSPS) is 20.0. The SMILES string of the molecule is CC(O)CC1COCCN1C(=O)CSCc1ccc(F)cc1. The number of benzene rings is 1. The number of thioether (sulfide) groups is 1. The van der Waals surface area contributed by atoms with Crippen LogP contribution in [0.4, 0.5) is 4.39 Å². The Bertz CT molecular complexity index is 481. The summed E-state index contributed by atoms with van der Waals surface area (Å²) in [6, 6.07) is 6.28. The Hall–Kier alpha value is -1.11. The third-order valence-electron chi connectivity index (χ3n) is 3.57. The third-order valence-corrected chi connectivity index (χ3v) is 4.56. The first-order valence-corrected chi connectivity index (χ1v) is 8.59. The minimum Gasteiger partial charge on any atom is -0.393 e. The molecule has 1 heterocycles. The number of aliphatic hydroxyl groups is 1. The topological polar surface area (TPSA) is 49.8 Å². The predicted octanol–water partition coefficient (Wildman–Crippen LogP) is 2.06. The van der Waals surface area contributed by atoms with Crippen LogP contribution in [0, 0.1) is 5.82 Å². The van der Waals surface area contributed by atoms with Crippen molar-refractivity contribution in [2.45, 2.75) is 31.2 Å². The Labute approximate surface area is 134 Å². The van der Waals surface area contributed by atoms with Crippen LogP contribution in [0.25, 0.3) is 0 Å². The van der Waals surface area contributed by atoms with Crippen LogP contribution in [0.5, 0.6) is 0 Å². The van der Waals surface area contributed by atoms with Gasteiger partial charge in [-0.2, -0.15) is 0 Å². The van der Waals surface area contributed by atoms with E-state index in [1.165, 1.54) is 23.9 Å². The van der Waals surface area contributed by atoms with Crippen molar-refractivity contribution < 1.29 is 19.0 Å². The largest absolute Gasteiger partial charge is 0.393 e. The van der Waals surface area contributed by atoms with Gasteiger partial charge in [0.05, 0.1) is 31.1 Å². The van der Waals surface area contributed by atoms with Crippen molar-refractivity contribution in [3.63, 3.8) is 0 Å². The van der Waals surface area contributed by atoms with Gasteiger partial charge in [0.1, 0.15) is 5.82 Å². The van der Waals surface area contributed by atoms with Crippen molar-refractivity contribution in [1.82, 2.24) is 4.90 Å². The number of halogens is 1. The van der Waals surface area contributed by atoms with Crippen molar-refractivity contribution in [3.05, 3.63) is 35.6 Å². The fraction of sp³-hybridized carbons (Fsp3) is 0.562. The van der Waals surface area contributed by atoms with Crippen LogP contribution in [-0.4, -0.2) is 53.6 Å². The van der Waals surface area contributed by atoms with E-state index in [1.54, 1.807) is 19.1 Å². The molecule has 2 unspecified atom stereocenters. The zero-order valence-corrected chi connectivity index (χ0v) is 13.5. The molecule has 1 fully saturated rings. The van der Waals surface area contributed by atoms with Crippen molar-refractivity contribution in [2.24, 2.45) is 0 Å². The first-order chi connectivity index (χ1) is 10.6. The van der Waals surface area contributed by atoms with Crippen LogP contribution in [0.15, 0.2) is 24.3 Å². The van der Waals surface area contributed by atoms with Gasteiger partial charge in [0.25, 0.3) is 0 Å². The van der Waals surface area contributed by atoms with E-state index in [2.05, 4.69) is 0 Å². The molecule has 1 amide bonds. The lowest BCUT2D eigenvalue weighted by Crippen LogP contribution is -2.50. The number of rotatable bonds is 6. The molecular weight excluding hydrogens is 305 g/mol. The molecule has 0 aliphatic carbocycles. The number of morpholine rings is 1. The number of ether oxygens (including phenoxy) is 1. The van der Waals surface area contributed by atoms with Gasteiger partial charge in [0, 0.05) is 12.3 Å². The Balaban J connectivity index is 1.80. The number of amides is 1. The fourth-order valence-electron chi connectivity index (χ4n) is 2.49. The highest BCUT2D eigenvalue weighted by Gasteiger charge is 2.27. The van der Waals surface area contributed by atoms with Gasteiger partial charge < -0.3 is 14.7 Å². The van der Waals surface area contributed by atoms with Crippen LogP contribution in [0.3, 0.4) is 0 Å². The van der Waals surface area contributed by atoms with Gasteiger partial charge in [-0.15, -0.1) is 11.8 Å². The van der Waals surface area contributed by atoms with Gasteiger partial charge in [0.2, 0.25) is 5.91 Å². The summed E-state index contributed by atoms with van der Waals surface area (Å²) >= 11 is 1.52. The predicted molar refractivity (Wildman–Crippen MR) is 85.2 cm³/mol. The number of aliphatic hydroxyl groups excluding tert-OH is 1. The molecule has 0 saturated carbocycles. The second kappa shape index (κ2) is 8.50. The molecule has 1 aliphatic heterocycles. The number of carbonyl (C=O) groups is 1. The molecule has 122 valence electrons. The van der Waals surface area contributed by atoms with Crippen LogP contribution < -0.4 is 0 Å². The summed E-state index contributed by atoms with van der Waals surface area (Å²) in [7, 11) is 0. The molecule has 6 heteroatoms. The second-order valence-electron chi connectivity index (χ2n) is 5.52. The zero-order chi connectivity index (χ0) is 15.9. The lowest BCUT2D eigenvalue weighted by atomic mass is 10.1. The molecule has 1 aliphatic rings. The summed E-state index contributed by atoms with van der Waals surface area (Å²) in [5.41, 5.74) is 1.00. The second-order valence-corrected chi connectivity index (χ2v) is 6.51. The van der Waals surface area contributed by atoms with Crippen LogP contribution >= 0.6 is 11.8 Å². The van der Waals surface area contributed by atoms with E-state index in [0.717, 1.165) is 5.56 Å². The van der Waals surface area contributed by atoms with E-state index in [9.17, 15) is 14.3 Å². The smallest absolute Gasteiger partial charge is 0.232 e. The summed E-state index contributed by atoms with van der Waals surface area (Å²) in [5, 5.41) is 9.52. The third kappa shape index (κ3) is 5.26. The highest BCUT2D eigenvalue weighted by molar-refractivity contribution is 7.99. The maximum absolute atomic E-state index is 12.8. The number of hydrogen-bond donors (Lipinski definition) is 1. The van der Waals surface area contributed by atoms with Gasteiger partial charge in [0.15, 0.2) is 0 Å². The number of nitrogens with zero attached hydrogens (tertiary/aromatic N) is 1. The molecule has 0 aromatic heterocycles. The Morgan fingerprint density at radius 3 is 2.91 bits per heavy atom. The van der Waals surface area contributed by atoms with E-state index in [4.69, 9.17) is 4.74 Å². The lowest BCUT2D eigenvalue weighted by Gasteiger charge is -2.36. The summed E-state index contributed by atoms with van der Waals surface area (Å²) in [6.45, 7) is 3.33. The first kappa shape index (κ1) is 17.2. The lowest BCUT2D eigenvalue weighted by molar-refractivity contribution is -0.138. The maximum Gasteiger partial charge on any atom is 0.232 e. The summed E-state index contributed by atoms with van der Waals surface area (Å²) in [6.07, 6.45) is 0.0860. The van der Waals surface area contributed by atoms with Crippen molar-refractivity contribution >= 4 is 17.7 Å². The quantitative estimate of drug-likeness (QED) is 0.869. The van der Waals surface area contributed by atoms with Crippen molar-refractivity contribution in [1.29, 1.82) is 0 Å². The average Bonchev–Trinajstić information content (AvgIpc) is 2.49. The number of hydrogen-bond acceptors (Lipinski definition) is 4. The number of carbonyl (C=O) groups excluding carboxylic acids is 1. The van der Waals surface area contributed by atoms with Crippen LogP contribution in [-0.2, 0) is 15.3 Å². The van der Waals surface area contributed by atoms with Crippen LogP contribution in [0.1, 0.15) is 18.9 Å². The Kier molecular flexibility index (Phi) is 6.67.